The van der Waals surface area contributed by atoms with E-state index in [4.69, 9.17) is 4.74 Å². The lowest BCUT2D eigenvalue weighted by Gasteiger charge is -2.23. The van der Waals surface area contributed by atoms with Crippen molar-refractivity contribution in [1.29, 1.82) is 0 Å². The third-order valence-electron chi connectivity index (χ3n) is 7.26. The Morgan fingerprint density at radius 1 is 1.11 bits per heavy atom. The number of aliphatic hydroxyl groups is 1. The van der Waals surface area contributed by atoms with Crippen LogP contribution < -0.4 is 9.64 Å². The first kappa shape index (κ1) is 29.3. The van der Waals surface area contributed by atoms with E-state index in [-0.39, 0.29) is 46.1 Å². The number of imidazole rings is 1. The number of hydrogen-bond donors (Lipinski definition) is 2. The first-order valence-corrected chi connectivity index (χ1v) is 15.4. The molecular weight excluding hydrogens is 606 g/mol. The number of thioether (sulfide) groups is 1. The average Bonchev–Trinajstić information content (AvgIpc) is 3.69. The molecular formula is C31H26FN5O5S2. The van der Waals surface area contributed by atoms with Crippen LogP contribution in [0.25, 0.3) is 11.4 Å². The minimum atomic E-state index is -1.14. The van der Waals surface area contributed by atoms with Crippen LogP contribution in [0.1, 0.15) is 41.0 Å². The van der Waals surface area contributed by atoms with Crippen molar-refractivity contribution in [2.75, 3.05) is 11.5 Å². The molecule has 224 valence electrons. The van der Waals surface area contributed by atoms with Crippen LogP contribution in [-0.4, -0.2) is 48.1 Å². The van der Waals surface area contributed by atoms with Crippen molar-refractivity contribution in [3.05, 3.63) is 100 Å². The van der Waals surface area contributed by atoms with Gasteiger partial charge in [0.2, 0.25) is 5.13 Å². The third kappa shape index (κ3) is 5.07. The van der Waals surface area contributed by atoms with E-state index in [1.165, 1.54) is 34.9 Å². The molecule has 13 heteroatoms. The number of aromatic hydroxyl groups is 1. The molecule has 1 atom stereocenters. The van der Waals surface area contributed by atoms with E-state index in [1.54, 1.807) is 48.7 Å². The van der Waals surface area contributed by atoms with Gasteiger partial charge in [-0.3, -0.25) is 14.5 Å². The number of aromatic nitrogens is 4. The van der Waals surface area contributed by atoms with E-state index in [2.05, 4.69) is 15.2 Å². The maximum absolute atomic E-state index is 14.2. The van der Waals surface area contributed by atoms with E-state index in [1.807, 2.05) is 19.1 Å². The van der Waals surface area contributed by atoms with Gasteiger partial charge < -0.3 is 19.4 Å². The second kappa shape index (κ2) is 11.7. The quantitative estimate of drug-likeness (QED) is 0.0700. The fourth-order valence-corrected chi connectivity index (χ4v) is 6.96. The van der Waals surface area contributed by atoms with Crippen LogP contribution in [0.15, 0.2) is 70.7 Å². The molecule has 0 bridgehead atoms. The van der Waals surface area contributed by atoms with Crippen molar-refractivity contribution in [3.8, 4) is 11.5 Å². The number of nitrogens with zero attached hydrogens (tertiary/aromatic N) is 5. The monoisotopic (exact) mass is 631 g/mol. The van der Waals surface area contributed by atoms with Crippen LogP contribution in [0.5, 0.6) is 11.5 Å². The number of amides is 1. The standard InChI is InChI=1S/C31H26FN5O5S2/c1-4-42-22-14-18(11-12-21(22)38)25-23(26(39)24-17(3)36-13-7-8-16(2)28(36)33-24)27(40)29(41)37(25)30-34-35-31(44-30)43-15-19-9-5-6-10-20(19)32/h5-14,25,38-39H,4,15H2,1-3H3. The Morgan fingerprint density at radius 3 is 2.66 bits per heavy atom. The number of carbonyl (C=O) groups is 2. The van der Waals surface area contributed by atoms with E-state index in [0.717, 1.165) is 16.9 Å². The number of rotatable bonds is 8. The molecule has 1 aliphatic rings. The van der Waals surface area contributed by atoms with Crippen LogP contribution in [-0.2, 0) is 15.3 Å². The number of hydrogen-bond acceptors (Lipinski definition) is 10. The van der Waals surface area contributed by atoms with Crippen molar-refractivity contribution < 1.29 is 28.9 Å². The number of phenols is 1. The number of benzene rings is 2. The average molecular weight is 632 g/mol. The van der Waals surface area contributed by atoms with Gasteiger partial charge in [-0.15, -0.1) is 10.2 Å². The van der Waals surface area contributed by atoms with Crippen molar-refractivity contribution in [2.45, 2.75) is 36.9 Å². The lowest BCUT2D eigenvalue weighted by Crippen LogP contribution is -2.29. The summed E-state index contributed by atoms with van der Waals surface area (Å²) in [6.07, 6.45) is 1.80. The summed E-state index contributed by atoms with van der Waals surface area (Å²) in [5.41, 5.74) is 2.88. The Balaban J connectivity index is 1.47. The summed E-state index contributed by atoms with van der Waals surface area (Å²) in [4.78, 5) is 33.2. The summed E-state index contributed by atoms with van der Waals surface area (Å²) in [6.45, 7) is 5.66. The smallest absolute Gasteiger partial charge is 0.301 e. The number of carbonyl (C=O) groups excluding carboxylic acids is 2. The van der Waals surface area contributed by atoms with E-state index >= 15 is 0 Å². The molecule has 1 saturated heterocycles. The number of fused-ring (bicyclic) bond motifs is 1. The number of anilines is 1. The highest BCUT2D eigenvalue weighted by Crippen LogP contribution is 2.45. The molecule has 3 aromatic heterocycles. The zero-order chi connectivity index (χ0) is 31.1. The highest BCUT2D eigenvalue weighted by atomic mass is 32.2. The Kier molecular flexibility index (Phi) is 7.82. The zero-order valence-electron chi connectivity index (χ0n) is 23.8. The summed E-state index contributed by atoms with van der Waals surface area (Å²) in [6, 6.07) is 13.5. The highest BCUT2D eigenvalue weighted by molar-refractivity contribution is 8.00. The number of aryl methyl sites for hydroxylation is 2. The van der Waals surface area contributed by atoms with Gasteiger partial charge in [0.15, 0.2) is 21.6 Å². The van der Waals surface area contributed by atoms with Crippen LogP contribution in [0.3, 0.4) is 0 Å². The fraction of sp³-hybridized carbons (Fsp3) is 0.194. The Labute approximate surface area is 259 Å². The molecule has 4 heterocycles. The van der Waals surface area contributed by atoms with Crippen molar-refractivity contribution in [2.24, 2.45) is 0 Å². The Hall–Kier alpha value is -4.75. The van der Waals surface area contributed by atoms with Crippen LogP contribution in [0.2, 0.25) is 0 Å². The number of Topliss-reactive ketones (excluding diaryl/α,β-unsaturated/α-hetero) is 1. The summed E-state index contributed by atoms with van der Waals surface area (Å²) < 4.78 is 22.0. The summed E-state index contributed by atoms with van der Waals surface area (Å²) in [5, 5.41) is 30.6. The second-order valence-electron chi connectivity index (χ2n) is 9.99. The second-order valence-corrected chi connectivity index (χ2v) is 12.2. The van der Waals surface area contributed by atoms with Crippen LogP contribution in [0.4, 0.5) is 9.52 Å². The van der Waals surface area contributed by atoms with Gasteiger partial charge in [0.1, 0.15) is 17.2 Å². The topological polar surface area (TPSA) is 130 Å². The van der Waals surface area contributed by atoms with Gasteiger partial charge in [-0.25, -0.2) is 9.37 Å². The van der Waals surface area contributed by atoms with Crippen LogP contribution in [0, 0.1) is 19.7 Å². The number of halogens is 1. The normalized spacial score (nSPS) is 16.3. The molecule has 1 amide bonds. The van der Waals surface area contributed by atoms with Crippen molar-refractivity contribution in [3.63, 3.8) is 0 Å². The van der Waals surface area contributed by atoms with Gasteiger partial charge in [0, 0.05) is 11.9 Å². The molecule has 5 aromatic rings. The largest absolute Gasteiger partial charge is 0.505 e. The molecule has 2 N–H and O–H groups in total. The Bertz CT molecular complexity index is 1970. The highest BCUT2D eigenvalue weighted by Gasteiger charge is 2.49. The van der Waals surface area contributed by atoms with Gasteiger partial charge in [0.05, 0.1) is 23.9 Å². The summed E-state index contributed by atoms with van der Waals surface area (Å²) >= 11 is 2.30. The first-order valence-electron chi connectivity index (χ1n) is 13.6. The molecule has 0 saturated carbocycles. The third-order valence-corrected chi connectivity index (χ3v) is 9.37. The first-order chi connectivity index (χ1) is 21.2. The molecule has 1 fully saturated rings. The van der Waals surface area contributed by atoms with Gasteiger partial charge >= 0.3 is 5.91 Å². The molecule has 2 aromatic carbocycles. The molecule has 44 heavy (non-hydrogen) atoms. The maximum atomic E-state index is 14.2. The summed E-state index contributed by atoms with van der Waals surface area (Å²) in [5.74, 6) is -2.32. The number of phenolic OH excluding ortho intramolecular Hbond substituents is 1. The van der Waals surface area contributed by atoms with Gasteiger partial charge in [-0.2, -0.15) is 0 Å². The maximum Gasteiger partial charge on any atom is 0.301 e. The molecule has 0 spiro atoms. The molecule has 6 rings (SSSR count). The summed E-state index contributed by atoms with van der Waals surface area (Å²) in [7, 11) is 0. The lowest BCUT2D eigenvalue weighted by atomic mass is 9.96. The Morgan fingerprint density at radius 2 is 1.91 bits per heavy atom. The predicted octanol–water partition coefficient (Wildman–Crippen LogP) is 5.96. The molecule has 1 unspecified atom stereocenters. The number of ketones is 1. The van der Waals surface area contributed by atoms with Gasteiger partial charge in [0.25, 0.3) is 5.78 Å². The van der Waals surface area contributed by atoms with Crippen molar-refractivity contribution in [1.82, 2.24) is 19.6 Å². The van der Waals surface area contributed by atoms with Gasteiger partial charge in [-0.05, 0) is 61.7 Å². The number of ether oxygens (including phenoxy) is 1. The van der Waals surface area contributed by atoms with E-state index < -0.39 is 23.5 Å². The predicted molar refractivity (Wildman–Crippen MR) is 165 cm³/mol. The van der Waals surface area contributed by atoms with Crippen LogP contribution >= 0.6 is 23.1 Å². The van der Waals surface area contributed by atoms with E-state index in [9.17, 15) is 24.2 Å². The molecule has 0 aliphatic carbocycles. The van der Waals surface area contributed by atoms with Gasteiger partial charge in [-0.1, -0.05) is 53.4 Å². The SMILES string of the molecule is CCOc1cc(C2C(=C(O)c3nc4c(C)cccn4c3C)C(=O)C(=O)N2c2nnc(SCc3ccccc3F)s2)ccc1O. The number of aliphatic hydroxyl groups excluding tert-OH is 1. The molecule has 0 radical (unpaired) electrons. The minimum Gasteiger partial charge on any atom is -0.505 e. The number of pyridine rings is 1. The fourth-order valence-electron chi connectivity index (χ4n) is 5.10. The molecule has 1 aliphatic heterocycles. The molecule has 10 nitrogen and oxygen atoms in total. The van der Waals surface area contributed by atoms with Crippen molar-refractivity contribution >= 4 is 51.3 Å². The zero-order valence-corrected chi connectivity index (χ0v) is 25.4. The van der Waals surface area contributed by atoms with E-state index in [0.29, 0.717) is 26.8 Å². The lowest BCUT2D eigenvalue weighted by molar-refractivity contribution is -0.132. The minimum absolute atomic E-state index is 0.112.